The number of aldehydes is 1. The molecule has 0 atom stereocenters. The molecule has 20 heavy (non-hydrogen) atoms. The fourth-order valence-corrected chi connectivity index (χ4v) is 2.44. The van der Waals surface area contributed by atoms with Gasteiger partial charge >= 0.3 is 0 Å². The first-order valence-corrected chi connectivity index (χ1v) is 7.11. The minimum Gasteiger partial charge on any atom is -0.488 e. The van der Waals surface area contributed by atoms with Gasteiger partial charge in [-0.2, -0.15) is 0 Å². The van der Waals surface area contributed by atoms with Crippen LogP contribution in [0, 0.1) is 11.6 Å². The van der Waals surface area contributed by atoms with Gasteiger partial charge < -0.3 is 4.74 Å². The molecule has 0 fully saturated rings. The van der Waals surface area contributed by atoms with Crippen LogP contribution in [0.4, 0.5) is 8.78 Å². The number of halogens is 4. The molecule has 0 unspecified atom stereocenters. The molecule has 0 aliphatic rings. The third kappa shape index (κ3) is 3.24. The summed E-state index contributed by atoms with van der Waals surface area (Å²) in [6, 6.07) is 7.14. The van der Waals surface area contributed by atoms with Gasteiger partial charge in [0.15, 0.2) is 0 Å². The number of carbonyl (C=O) groups excluding carboxylic acids is 1. The van der Waals surface area contributed by atoms with Crippen molar-refractivity contribution in [2.45, 2.75) is 6.61 Å². The predicted molar refractivity (Wildman–Crippen MR) is 77.9 cm³/mol. The minimum atomic E-state index is -0.689. The number of ether oxygens (including phenoxy) is 1. The highest BCUT2D eigenvalue weighted by Gasteiger charge is 2.13. The van der Waals surface area contributed by atoms with Crippen molar-refractivity contribution >= 4 is 38.1 Å². The van der Waals surface area contributed by atoms with Crippen molar-refractivity contribution in [2.24, 2.45) is 0 Å². The maximum atomic E-state index is 13.8. The lowest BCUT2D eigenvalue weighted by Gasteiger charge is -2.10. The summed E-state index contributed by atoms with van der Waals surface area (Å²) >= 11 is 6.23. The fraction of sp³-hybridized carbons (Fsp3) is 0.0714. The molecule has 0 spiro atoms. The second-order valence-corrected chi connectivity index (χ2v) is 5.63. The summed E-state index contributed by atoms with van der Waals surface area (Å²) < 4.78 is 33.4. The maximum absolute atomic E-state index is 13.8. The Morgan fingerprint density at radius 2 is 1.85 bits per heavy atom. The largest absolute Gasteiger partial charge is 0.488 e. The topological polar surface area (TPSA) is 26.3 Å². The van der Waals surface area contributed by atoms with Crippen LogP contribution in [0.25, 0.3) is 0 Å². The first-order chi connectivity index (χ1) is 9.52. The minimum absolute atomic E-state index is 0.161. The van der Waals surface area contributed by atoms with Crippen LogP contribution in [0.2, 0.25) is 0 Å². The Morgan fingerprint density at radius 1 is 1.10 bits per heavy atom. The Balaban J connectivity index is 2.21. The SMILES string of the molecule is O=Cc1ccc(OCc2c(F)ccc(Br)c2F)c(Br)c1. The van der Waals surface area contributed by atoms with E-state index in [2.05, 4.69) is 31.9 Å². The van der Waals surface area contributed by atoms with Gasteiger partial charge in [-0.05, 0) is 62.2 Å². The summed E-state index contributed by atoms with van der Waals surface area (Å²) in [5.74, 6) is -0.966. The molecular formula is C14H8Br2F2O2. The Hall–Kier alpha value is -1.27. The molecule has 0 bridgehead atoms. The maximum Gasteiger partial charge on any atom is 0.150 e. The molecule has 0 radical (unpaired) electrons. The lowest BCUT2D eigenvalue weighted by atomic mass is 10.2. The summed E-state index contributed by atoms with van der Waals surface area (Å²) in [4.78, 5) is 10.6. The van der Waals surface area contributed by atoms with Crippen LogP contribution in [0.1, 0.15) is 15.9 Å². The molecule has 0 amide bonds. The Bertz CT molecular complexity index is 660. The van der Waals surface area contributed by atoms with Crippen LogP contribution in [-0.2, 0) is 6.61 Å². The van der Waals surface area contributed by atoms with Crippen LogP contribution < -0.4 is 4.74 Å². The van der Waals surface area contributed by atoms with E-state index in [1.165, 1.54) is 6.07 Å². The molecular weight excluding hydrogens is 398 g/mol. The Labute approximate surface area is 131 Å². The zero-order chi connectivity index (χ0) is 14.7. The Morgan fingerprint density at radius 3 is 2.50 bits per heavy atom. The van der Waals surface area contributed by atoms with Crippen molar-refractivity contribution in [3.8, 4) is 5.75 Å². The monoisotopic (exact) mass is 404 g/mol. The molecule has 0 heterocycles. The highest BCUT2D eigenvalue weighted by atomic mass is 79.9. The van der Waals surface area contributed by atoms with Gasteiger partial charge in [-0.3, -0.25) is 4.79 Å². The average Bonchev–Trinajstić information content (AvgIpc) is 2.44. The van der Waals surface area contributed by atoms with E-state index >= 15 is 0 Å². The molecule has 0 N–H and O–H groups in total. The molecule has 104 valence electrons. The van der Waals surface area contributed by atoms with Gasteiger partial charge in [0.25, 0.3) is 0 Å². The first kappa shape index (κ1) is 15.1. The molecule has 2 nitrogen and oxygen atoms in total. The van der Waals surface area contributed by atoms with Crippen LogP contribution in [-0.4, -0.2) is 6.29 Å². The molecule has 0 saturated heterocycles. The van der Waals surface area contributed by atoms with Crippen molar-refractivity contribution in [3.05, 3.63) is 62.0 Å². The van der Waals surface area contributed by atoms with Gasteiger partial charge in [-0.1, -0.05) is 0 Å². The molecule has 0 aliphatic heterocycles. The third-order valence-corrected chi connectivity index (χ3v) is 3.84. The zero-order valence-corrected chi connectivity index (χ0v) is 13.2. The van der Waals surface area contributed by atoms with Gasteiger partial charge in [0.05, 0.1) is 14.5 Å². The quantitative estimate of drug-likeness (QED) is 0.535. The number of carbonyl (C=O) groups is 1. The number of hydrogen-bond acceptors (Lipinski definition) is 2. The highest BCUT2D eigenvalue weighted by molar-refractivity contribution is 9.10. The molecule has 0 aromatic heterocycles. The van der Waals surface area contributed by atoms with Crippen LogP contribution in [0.15, 0.2) is 39.3 Å². The summed E-state index contributed by atoms with van der Waals surface area (Å²) in [6.45, 7) is -0.254. The van der Waals surface area contributed by atoms with E-state index in [1.807, 2.05) is 0 Å². The highest BCUT2D eigenvalue weighted by Crippen LogP contribution is 2.28. The van der Waals surface area contributed by atoms with E-state index in [0.717, 1.165) is 6.07 Å². The van der Waals surface area contributed by atoms with E-state index in [4.69, 9.17) is 4.74 Å². The van der Waals surface area contributed by atoms with Gasteiger partial charge in [0, 0.05) is 5.56 Å². The molecule has 2 aromatic carbocycles. The van der Waals surface area contributed by atoms with Crippen molar-refractivity contribution in [3.63, 3.8) is 0 Å². The normalized spacial score (nSPS) is 10.4. The lowest BCUT2D eigenvalue weighted by Crippen LogP contribution is -2.03. The number of benzene rings is 2. The molecule has 6 heteroatoms. The molecule has 2 rings (SSSR count). The van der Waals surface area contributed by atoms with Gasteiger partial charge in [0.1, 0.15) is 30.3 Å². The van der Waals surface area contributed by atoms with E-state index in [9.17, 15) is 13.6 Å². The lowest BCUT2D eigenvalue weighted by molar-refractivity contribution is 0.112. The summed E-state index contributed by atoms with van der Waals surface area (Å²) in [5, 5.41) is 0. The van der Waals surface area contributed by atoms with Crippen LogP contribution >= 0.6 is 31.9 Å². The predicted octanol–water partition coefficient (Wildman–Crippen LogP) is 4.88. The van der Waals surface area contributed by atoms with Gasteiger partial charge in [0.2, 0.25) is 0 Å². The van der Waals surface area contributed by atoms with Crippen molar-refractivity contribution in [2.75, 3.05) is 0 Å². The van der Waals surface area contributed by atoms with E-state index < -0.39 is 11.6 Å². The fourth-order valence-electron chi connectivity index (χ4n) is 1.56. The van der Waals surface area contributed by atoms with E-state index in [0.29, 0.717) is 22.1 Å². The third-order valence-electron chi connectivity index (χ3n) is 2.60. The second kappa shape index (κ2) is 6.45. The summed E-state index contributed by atoms with van der Waals surface area (Å²) in [7, 11) is 0. The van der Waals surface area contributed by atoms with Crippen molar-refractivity contribution < 1.29 is 18.3 Å². The number of rotatable bonds is 4. The standard InChI is InChI=1S/C14H8Br2F2O2/c15-10-2-3-12(17)9(14(10)18)7-20-13-4-1-8(6-19)5-11(13)16/h1-6H,7H2. The van der Waals surface area contributed by atoms with E-state index in [-0.39, 0.29) is 16.6 Å². The van der Waals surface area contributed by atoms with Crippen molar-refractivity contribution in [1.82, 2.24) is 0 Å². The van der Waals surface area contributed by atoms with Crippen LogP contribution in [0.5, 0.6) is 5.75 Å². The zero-order valence-electron chi connectivity index (χ0n) is 10.00. The smallest absolute Gasteiger partial charge is 0.150 e. The van der Waals surface area contributed by atoms with E-state index in [1.54, 1.807) is 18.2 Å². The summed E-state index contributed by atoms with van der Waals surface area (Å²) in [5.41, 5.74) is 0.315. The van der Waals surface area contributed by atoms with Gasteiger partial charge in [-0.25, -0.2) is 8.78 Å². The Kier molecular flexibility index (Phi) is 4.88. The van der Waals surface area contributed by atoms with Crippen LogP contribution in [0.3, 0.4) is 0 Å². The summed E-state index contributed by atoms with van der Waals surface area (Å²) in [6.07, 6.45) is 0.697. The molecule has 2 aromatic rings. The van der Waals surface area contributed by atoms with Gasteiger partial charge in [-0.15, -0.1) is 0 Å². The molecule has 0 aliphatic carbocycles. The number of hydrogen-bond donors (Lipinski definition) is 0. The second-order valence-electron chi connectivity index (χ2n) is 3.92. The van der Waals surface area contributed by atoms with Crippen molar-refractivity contribution in [1.29, 1.82) is 0 Å². The molecule has 0 saturated carbocycles. The average molecular weight is 406 g/mol. The first-order valence-electron chi connectivity index (χ1n) is 5.53.